The lowest BCUT2D eigenvalue weighted by atomic mass is 10.3. The highest BCUT2D eigenvalue weighted by molar-refractivity contribution is 7.99. The average molecular weight is 211 g/mol. The molecule has 0 spiro atoms. The van der Waals surface area contributed by atoms with Crippen LogP contribution >= 0.6 is 11.8 Å². The van der Waals surface area contributed by atoms with E-state index in [9.17, 15) is 0 Å². The molecule has 0 aliphatic heterocycles. The highest BCUT2D eigenvalue weighted by Crippen LogP contribution is 2.31. The topological polar surface area (TPSA) is 39.2 Å². The normalized spacial score (nSPS) is 20.1. The van der Waals surface area contributed by atoms with E-state index in [1.165, 1.54) is 25.7 Å². The second-order valence-electron chi connectivity index (χ2n) is 3.86. The molecular formula is C11H17NOS. The van der Waals surface area contributed by atoms with Crippen LogP contribution in [-0.2, 0) is 0 Å². The fourth-order valence-corrected chi connectivity index (χ4v) is 3.19. The summed E-state index contributed by atoms with van der Waals surface area (Å²) in [6, 6.07) is 3.92. The number of rotatable bonds is 4. The lowest BCUT2D eigenvalue weighted by Crippen LogP contribution is -2.13. The summed E-state index contributed by atoms with van der Waals surface area (Å²) in [4.78, 5) is 0. The van der Waals surface area contributed by atoms with E-state index in [0.29, 0.717) is 0 Å². The summed E-state index contributed by atoms with van der Waals surface area (Å²) in [6.07, 6.45) is 7.22. The zero-order valence-corrected chi connectivity index (χ0v) is 9.13. The van der Waals surface area contributed by atoms with Gasteiger partial charge in [0.05, 0.1) is 12.3 Å². The van der Waals surface area contributed by atoms with E-state index < -0.39 is 0 Å². The van der Waals surface area contributed by atoms with Gasteiger partial charge in [-0.3, -0.25) is 0 Å². The highest BCUT2D eigenvalue weighted by atomic mass is 32.2. The summed E-state index contributed by atoms with van der Waals surface area (Å²) in [5.41, 5.74) is 6.00. The Morgan fingerprint density at radius 1 is 1.50 bits per heavy atom. The van der Waals surface area contributed by atoms with Crippen molar-refractivity contribution < 1.29 is 4.42 Å². The minimum Gasteiger partial charge on any atom is -0.468 e. The first-order valence-corrected chi connectivity index (χ1v) is 6.32. The van der Waals surface area contributed by atoms with Crippen LogP contribution in [0.15, 0.2) is 22.8 Å². The monoisotopic (exact) mass is 211 g/mol. The first-order valence-electron chi connectivity index (χ1n) is 5.27. The van der Waals surface area contributed by atoms with Crippen molar-refractivity contribution >= 4 is 11.8 Å². The number of furan rings is 1. The van der Waals surface area contributed by atoms with Crippen LogP contribution in [0.2, 0.25) is 0 Å². The molecule has 1 saturated carbocycles. The molecule has 2 nitrogen and oxygen atoms in total. The van der Waals surface area contributed by atoms with Gasteiger partial charge >= 0.3 is 0 Å². The van der Waals surface area contributed by atoms with Crippen LogP contribution in [0.3, 0.4) is 0 Å². The Bertz CT molecular complexity index is 254. The molecule has 1 aromatic heterocycles. The molecular weight excluding hydrogens is 194 g/mol. The minimum absolute atomic E-state index is 0.0654. The predicted molar refractivity (Wildman–Crippen MR) is 60.4 cm³/mol. The molecule has 3 heteroatoms. The van der Waals surface area contributed by atoms with Crippen LogP contribution in [0, 0.1) is 0 Å². The van der Waals surface area contributed by atoms with Crippen LogP contribution in [-0.4, -0.2) is 11.0 Å². The molecule has 0 aromatic carbocycles. The summed E-state index contributed by atoms with van der Waals surface area (Å²) in [7, 11) is 0. The van der Waals surface area contributed by atoms with Crippen LogP contribution < -0.4 is 5.73 Å². The summed E-state index contributed by atoms with van der Waals surface area (Å²) >= 11 is 2.01. The van der Waals surface area contributed by atoms with E-state index in [2.05, 4.69) is 0 Å². The lowest BCUT2D eigenvalue weighted by molar-refractivity contribution is 0.482. The van der Waals surface area contributed by atoms with Gasteiger partial charge in [-0.15, -0.1) is 0 Å². The molecule has 0 bridgehead atoms. The molecule has 0 amide bonds. The number of nitrogens with two attached hydrogens (primary N) is 1. The van der Waals surface area contributed by atoms with E-state index in [-0.39, 0.29) is 6.04 Å². The smallest absolute Gasteiger partial charge is 0.121 e. The third-order valence-electron chi connectivity index (χ3n) is 2.72. The van der Waals surface area contributed by atoms with Gasteiger partial charge in [0, 0.05) is 11.0 Å². The van der Waals surface area contributed by atoms with Gasteiger partial charge < -0.3 is 10.2 Å². The lowest BCUT2D eigenvalue weighted by Gasteiger charge is -2.12. The highest BCUT2D eigenvalue weighted by Gasteiger charge is 2.17. The maximum atomic E-state index is 6.00. The quantitative estimate of drug-likeness (QED) is 0.832. The van der Waals surface area contributed by atoms with Gasteiger partial charge in [-0.05, 0) is 25.0 Å². The number of hydrogen-bond acceptors (Lipinski definition) is 3. The van der Waals surface area contributed by atoms with Gasteiger partial charge in [-0.2, -0.15) is 11.8 Å². The SMILES string of the molecule is NC(CSC1CCCC1)c1ccco1. The maximum absolute atomic E-state index is 6.00. The van der Waals surface area contributed by atoms with Crippen molar-refractivity contribution in [2.24, 2.45) is 5.73 Å². The van der Waals surface area contributed by atoms with Crippen molar-refractivity contribution in [3.05, 3.63) is 24.2 Å². The first-order chi connectivity index (χ1) is 6.86. The van der Waals surface area contributed by atoms with Crippen molar-refractivity contribution in [3.63, 3.8) is 0 Å². The van der Waals surface area contributed by atoms with Gasteiger partial charge in [0.15, 0.2) is 0 Å². The van der Waals surface area contributed by atoms with Crippen LogP contribution in [0.5, 0.6) is 0 Å². The van der Waals surface area contributed by atoms with E-state index in [0.717, 1.165) is 16.8 Å². The average Bonchev–Trinajstić information content (AvgIpc) is 2.87. The molecule has 2 rings (SSSR count). The number of hydrogen-bond donors (Lipinski definition) is 1. The van der Waals surface area contributed by atoms with Crippen LogP contribution in [0.25, 0.3) is 0 Å². The number of thioether (sulfide) groups is 1. The largest absolute Gasteiger partial charge is 0.468 e. The maximum Gasteiger partial charge on any atom is 0.121 e. The molecule has 1 aliphatic rings. The molecule has 1 atom stereocenters. The molecule has 2 N–H and O–H groups in total. The molecule has 0 radical (unpaired) electrons. The fourth-order valence-electron chi connectivity index (χ4n) is 1.88. The third-order valence-corrected chi connectivity index (χ3v) is 4.22. The zero-order valence-electron chi connectivity index (χ0n) is 8.32. The summed E-state index contributed by atoms with van der Waals surface area (Å²) < 4.78 is 5.27. The zero-order chi connectivity index (χ0) is 9.80. The molecule has 14 heavy (non-hydrogen) atoms. The molecule has 1 heterocycles. The van der Waals surface area contributed by atoms with Crippen molar-refractivity contribution in [1.82, 2.24) is 0 Å². The minimum atomic E-state index is 0.0654. The standard InChI is InChI=1S/C11H17NOS/c12-10(11-6-3-7-13-11)8-14-9-4-1-2-5-9/h3,6-7,9-10H,1-2,4-5,8,12H2. The Kier molecular flexibility index (Phi) is 3.54. The predicted octanol–water partition coefficient (Wildman–Crippen LogP) is 2.96. The molecule has 1 aliphatic carbocycles. The van der Waals surface area contributed by atoms with Crippen LogP contribution in [0.1, 0.15) is 37.5 Å². The molecule has 78 valence electrons. The third kappa shape index (κ3) is 2.55. The fraction of sp³-hybridized carbons (Fsp3) is 0.636. The van der Waals surface area contributed by atoms with E-state index >= 15 is 0 Å². The molecule has 1 aromatic rings. The Balaban J connectivity index is 1.74. The van der Waals surface area contributed by atoms with Crippen molar-refractivity contribution in [2.45, 2.75) is 37.0 Å². The Hall–Kier alpha value is -0.410. The Morgan fingerprint density at radius 3 is 2.93 bits per heavy atom. The molecule has 1 fully saturated rings. The van der Waals surface area contributed by atoms with E-state index in [1.807, 2.05) is 23.9 Å². The molecule has 1 unspecified atom stereocenters. The summed E-state index contributed by atoms with van der Waals surface area (Å²) in [5, 5.41) is 0.844. The van der Waals surface area contributed by atoms with Crippen molar-refractivity contribution in [1.29, 1.82) is 0 Å². The van der Waals surface area contributed by atoms with Crippen molar-refractivity contribution in [2.75, 3.05) is 5.75 Å². The summed E-state index contributed by atoms with van der Waals surface area (Å²) in [5.74, 6) is 1.90. The second-order valence-corrected chi connectivity index (χ2v) is 5.20. The van der Waals surface area contributed by atoms with E-state index in [4.69, 9.17) is 10.2 Å². The van der Waals surface area contributed by atoms with Crippen LogP contribution in [0.4, 0.5) is 0 Å². The Labute approximate surface area is 89.2 Å². The van der Waals surface area contributed by atoms with Gasteiger partial charge in [0.2, 0.25) is 0 Å². The second kappa shape index (κ2) is 4.89. The van der Waals surface area contributed by atoms with E-state index in [1.54, 1.807) is 6.26 Å². The van der Waals surface area contributed by atoms with Gasteiger partial charge in [-0.1, -0.05) is 12.8 Å². The Morgan fingerprint density at radius 2 is 2.29 bits per heavy atom. The summed E-state index contributed by atoms with van der Waals surface area (Å²) in [6.45, 7) is 0. The van der Waals surface area contributed by atoms with Gasteiger partial charge in [-0.25, -0.2) is 0 Å². The van der Waals surface area contributed by atoms with Crippen molar-refractivity contribution in [3.8, 4) is 0 Å². The van der Waals surface area contributed by atoms with Gasteiger partial charge in [0.25, 0.3) is 0 Å². The first kappa shape index (κ1) is 10.1. The molecule has 0 saturated heterocycles. The van der Waals surface area contributed by atoms with Gasteiger partial charge in [0.1, 0.15) is 5.76 Å².